The van der Waals surface area contributed by atoms with Crippen LogP contribution in [-0.4, -0.2) is 135 Å². The lowest BCUT2D eigenvalue weighted by Gasteiger charge is -2.53. The first kappa shape index (κ1) is 42.9. The molecule has 2 bridgehead atoms. The Bertz CT molecular complexity index is 2140. The maximum absolute atomic E-state index is 14.2. The van der Waals surface area contributed by atoms with Crippen LogP contribution in [0.15, 0.2) is 48.6 Å². The number of rotatable bonds is 7. The highest BCUT2D eigenvalue weighted by atomic mass is 35.5. The van der Waals surface area contributed by atoms with Crippen molar-refractivity contribution in [3.63, 3.8) is 0 Å². The van der Waals surface area contributed by atoms with Gasteiger partial charge in [0.05, 0.1) is 43.6 Å². The number of morpholine rings is 1. The van der Waals surface area contributed by atoms with E-state index in [1.807, 2.05) is 19.1 Å². The Labute approximate surface area is 354 Å². The number of halogens is 1. The summed E-state index contributed by atoms with van der Waals surface area (Å²) < 4.78 is 78.9. The summed E-state index contributed by atoms with van der Waals surface area (Å²) in [5.74, 6) is -0.199. The highest BCUT2D eigenvalue weighted by Gasteiger charge is 2.50. The van der Waals surface area contributed by atoms with Gasteiger partial charge in [-0.25, -0.2) is 13.1 Å². The lowest BCUT2D eigenvalue weighted by molar-refractivity contribution is -0.108. The summed E-state index contributed by atoms with van der Waals surface area (Å²) in [6.45, 7) is 9.14. The fraction of sp³-hybridized carbons (Fsp3) is 0.651. The number of benzene rings is 2. The van der Waals surface area contributed by atoms with Gasteiger partial charge in [-0.3, -0.25) is 18.8 Å². The van der Waals surface area contributed by atoms with Crippen molar-refractivity contribution in [2.24, 2.45) is 17.8 Å². The van der Waals surface area contributed by atoms with Gasteiger partial charge in [-0.2, -0.15) is 8.42 Å². The summed E-state index contributed by atoms with van der Waals surface area (Å²) in [6, 6.07) is 11.7. The fourth-order valence-electron chi connectivity index (χ4n) is 10.8. The second-order valence-electron chi connectivity index (χ2n) is 17.8. The summed E-state index contributed by atoms with van der Waals surface area (Å²) in [5.41, 5.74) is 2.42. The number of aryl methyl sites for hydroxylation is 1. The molecule has 1 saturated carbocycles. The summed E-state index contributed by atoms with van der Waals surface area (Å²) in [5, 5.41) is -0.411. The number of amides is 1. The van der Waals surface area contributed by atoms with Gasteiger partial charge in [-0.15, -0.1) is 0 Å². The van der Waals surface area contributed by atoms with Crippen molar-refractivity contribution in [3.8, 4) is 5.75 Å². The van der Waals surface area contributed by atoms with Crippen LogP contribution in [0.3, 0.4) is 0 Å². The van der Waals surface area contributed by atoms with E-state index in [4.69, 9.17) is 30.0 Å². The normalized spacial score (nSPS) is 33.3. The van der Waals surface area contributed by atoms with Gasteiger partial charge in [-0.05, 0) is 104 Å². The summed E-state index contributed by atoms with van der Waals surface area (Å²) in [7, 11) is -6.33. The lowest BCUT2D eigenvalue weighted by atomic mass is 9.63. The number of ether oxygens (including phenoxy) is 3. The van der Waals surface area contributed by atoms with Crippen LogP contribution in [0, 0.1) is 17.8 Å². The Morgan fingerprint density at radius 2 is 1.93 bits per heavy atom. The van der Waals surface area contributed by atoms with Gasteiger partial charge >= 0.3 is 0 Å². The molecule has 0 aromatic heterocycles. The van der Waals surface area contributed by atoms with Crippen molar-refractivity contribution in [2.75, 3.05) is 90.5 Å². The largest absolute Gasteiger partial charge is 0.490 e. The molecular formula is C43H59ClN4O9S2. The van der Waals surface area contributed by atoms with Crippen molar-refractivity contribution >= 4 is 43.3 Å². The molecule has 3 fully saturated rings. The number of allylic oxidation sites excluding steroid dienone is 1. The van der Waals surface area contributed by atoms with E-state index in [9.17, 15) is 21.6 Å². The van der Waals surface area contributed by atoms with Crippen LogP contribution in [-0.2, 0) is 45.6 Å². The molecule has 13 nitrogen and oxygen atoms in total. The molecule has 4 heterocycles. The molecule has 2 aliphatic carbocycles. The van der Waals surface area contributed by atoms with Crippen LogP contribution in [0.4, 0.5) is 5.69 Å². The van der Waals surface area contributed by atoms with Crippen LogP contribution >= 0.6 is 11.6 Å². The Morgan fingerprint density at radius 1 is 1.08 bits per heavy atom. The van der Waals surface area contributed by atoms with E-state index >= 15 is 0 Å². The number of piperazine rings is 1. The Kier molecular flexibility index (Phi) is 12.5. The standard InChI is InChI=1S/C43H59ClN4O9S2/c1-30-6-4-16-43(54-2,28-46-17-18-47-19-21-55-26-35(47)25-46)37-11-8-33(37)24-48-27-42(15-5-7-31-22-34(44)10-12-36(31)42)29-56-39-13-9-32(23-38(39)48)41(49)45-59(52,53)40(30)14-20-57-58(3,50)51/h4,9-10,12-13,16,22-23,30,33,35,37,40H,5-8,11,14-15,17-21,24-29H2,1-3H3,(H,45,49)/b16-4-/t30-,33-,35-,37+,40+,42-,43+/m0/s1. The smallest absolute Gasteiger partial charge is 0.264 e. The monoisotopic (exact) mass is 874 g/mol. The molecule has 1 amide bonds. The molecule has 59 heavy (non-hydrogen) atoms. The number of anilines is 1. The number of nitrogens with one attached hydrogen (secondary N) is 1. The number of carbonyl (C=O) groups excluding carboxylic acids is 1. The molecule has 7 atom stereocenters. The predicted octanol–water partition coefficient (Wildman–Crippen LogP) is 4.63. The Hall–Kier alpha value is -2.76. The number of nitrogens with zero attached hydrogens (tertiary/aromatic N) is 3. The minimum absolute atomic E-state index is 0.126. The van der Waals surface area contributed by atoms with Crippen LogP contribution in [0.2, 0.25) is 5.02 Å². The number of carbonyl (C=O) groups is 1. The zero-order valence-corrected chi connectivity index (χ0v) is 36.8. The van der Waals surface area contributed by atoms with Gasteiger partial charge in [0.25, 0.3) is 16.0 Å². The van der Waals surface area contributed by atoms with E-state index in [-0.39, 0.29) is 35.8 Å². The van der Waals surface area contributed by atoms with Crippen molar-refractivity contribution in [1.82, 2.24) is 14.5 Å². The number of sulfonamides is 1. The lowest BCUT2D eigenvalue weighted by Crippen LogP contribution is -2.62. The molecular weight excluding hydrogens is 816 g/mol. The zero-order chi connectivity index (χ0) is 41.6. The minimum atomic E-state index is -4.31. The molecule has 16 heteroatoms. The van der Waals surface area contributed by atoms with E-state index in [1.165, 1.54) is 11.1 Å². The van der Waals surface area contributed by atoms with Crippen molar-refractivity contribution in [1.29, 1.82) is 0 Å². The molecule has 4 aliphatic heterocycles. The second-order valence-corrected chi connectivity index (χ2v) is 21.8. The second kappa shape index (κ2) is 17.2. The summed E-state index contributed by atoms with van der Waals surface area (Å²) in [6.07, 6.45) is 10.2. The van der Waals surface area contributed by atoms with Gasteiger partial charge < -0.3 is 19.1 Å². The number of hydrogen-bond acceptors (Lipinski definition) is 12. The van der Waals surface area contributed by atoms with E-state index in [0.29, 0.717) is 56.1 Å². The summed E-state index contributed by atoms with van der Waals surface area (Å²) >= 11 is 6.52. The zero-order valence-electron chi connectivity index (χ0n) is 34.4. The molecule has 2 aromatic rings. The predicted molar refractivity (Wildman–Crippen MR) is 227 cm³/mol. The quantitative estimate of drug-likeness (QED) is 0.306. The van der Waals surface area contributed by atoms with E-state index in [1.54, 1.807) is 25.3 Å². The SMILES string of the molecule is CO[C@@]1(CN2CCN3CCOC[C@@H]3C2)/C=C\C[C@H](C)[C@@H](CCOS(C)(=O)=O)S(=O)(=O)NC(=O)c2ccc3c(c2)N(C[C@@H]2CC[C@H]21)C[C@@]1(CCCc2cc(Cl)ccc21)CO3. The van der Waals surface area contributed by atoms with Crippen molar-refractivity contribution in [3.05, 3.63) is 70.3 Å². The van der Waals surface area contributed by atoms with Crippen LogP contribution in [0.1, 0.15) is 66.9 Å². The van der Waals surface area contributed by atoms with E-state index in [0.717, 1.165) is 76.8 Å². The number of fused-ring (bicyclic) bond motifs is 5. The molecule has 6 aliphatic rings. The third-order valence-electron chi connectivity index (χ3n) is 14.0. The topological polar surface area (TPSA) is 144 Å². The van der Waals surface area contributed by atoms with E-state index < -0.39 is 42.8 Å². The van der Waals surface area contributed by atoms with Crippen molar-refractivity contribution < 1.29 is 40.0 Å². The first-order valence-electron chi connectivity index (χ1n) is 21.2. The Balaban J connectivity index is 1.19. The molecule has 2 saturated heterocycles. The molecule has 1 N–H and O–H groups in total. The molecule has 8 rings (SSSR count). The van der Waals surface area contributed by atoms with Gasteiger partial charge in [0, 0.05) is 75.0 Å². The molecule has 0 radical (unpaired) electrons. The molecule has 0 unspecified atom stereocenters. The third kappa shape index (κ3) is 9.09. The number of hydrogen-bond donors (Lipinski definition) is 1. The van der Waals surface area contributed by atoms with Gasteiger partial charge in [0.2, 0.25) is 10.0 Å². The van der Waals surface area contributed by atoms with Gasteiger partial charge in [-0.1, -0.05) is 36.7 Å². The van der Waals surface area contributed by atoms with Gasteiger partial charge in [0.1, 0.15) is 11.4 Å². The van der Waals surface area contributed by atoms with E-state index in [2.05, 4.69) is 37.6 Å². The number of methoxy groups -OCH3 is 1. The average molecular weight is 876 g/mol. The molecule has 1 spiro atoms. The first-order valence-corrected chi connectivity index (χ1v) is 24.9. The highest BCUT2D eigenvalue weighted by Crippen LogP contribution is 2.49. The van der Waals surface area contributed by atoms with Crippen LogP contribution < -0.4 is 14.4 Å². The van der Waals surface area contributed by atoms with Crippen molar-refractivity contribution in [2.45, 2.75) is 74.2 Å². The van der Waals surface area contributed by atoms with Crippen LogP contribution in [0.25, 0.3) is 0 Å². The van der Waals surface area contributed by atoms with Gasteiger partial charge in [0.15, 0.2) is 0 Å². The third-order valence-corrected chi connectivity index (χ3v) is 16.8. The fourth-order valence-corrected chi connectivity index (χ4v) is 13.1. The molecule has 324 valence electrons. The molecule has 2 aromatic carbocycles. The maximum atomic E-state index is 14.2. The highest BCUT2D eigenvalue weighted by molar-refractivity contribution is 7.90. The summed E-state index contributed by atoms with van der Waals surface area (Å²) in [4.78, 5) is 21.4. The van der Waals surface area contributed by atoms with Crippen LogP contribution in [0.5, 0.6) is 5.75 Å². The minimum Gasteiger partial charge on any atom is -0.490 e. The Morgan fingerprint density at radius 3 is 2.71 bits per heavy atom. The maximum Gasteiger partial charge on any atom is 0.264 e. The first-order chi connectivity index (χ1) is 28.2. The average Bonchev–Trinajstić information content (AvgIpc) is 3.33.